The minimum atomic E-state index is -4.78. The highest BCUT2D eigenvalue weighted by Crippen LogP contribution is 2.24. The third-order valence-corrected chi connectivity index (χ3v) is 6.86. The Morgan fingerprint density at radius 1 is 1.12 bits per heavy atom. The Hall–Kier alpha value is -2.63. The number of hydrogen-bond acceptors (Lipinski definition) is 5. The van der Waals surface area contributed by atoms with Crippen LogP contribution in [0.15, 0.2) is 53.4 Å². The number of carbonyl (C=O) groups excluding carboxylic acids is 1. The predicted molar refractivity (Wildman–Crippen MR) is 114 cm³/mol. The summed E-state index contributed by atoms with van der Waals surface area (Å²) in [4.78, 5) is 14.2. The molecule has 0 aliphatic carbocycles. The number of benzene rings is 2. The van der Waals surface area contributed by atoms with Crippen LogP contribution in [0.5, 0.6) is 5.75 Å². The Morgan fingerprint density at radius 3 is 2.30 bits per heavy atom. The lowest BCUT2D eigenvalue weighted by Crippen LogP contribution is -2.48. The third kappa shape index (κ3) is 6.46. The van der Waals surface area contributed by atoms with E-state index in [1.54, 1.807) is 13.8 Å². The molecule has 2 aromatic carbocycles. The van der Waals surface area contributed by atoms with Crippen LogP contribution in [0.1, 0.15) is 29.8 Å². The molecule has 1 amide bonds. The minimum Gasteiger partial charge on any atom is -0.406 e. The maximum absolute atomic E-state index is 13.1. The molecule has 180 valence electrons. The second-order valence-electron chi connectivity index (χ2n) is 7.96. The predicted octanol–water partition coefficient (Wildman–Crippen LogP) is 3.66. The zero-order valence-electron chi connectivity index (χ0n) is 18.4. The SMILES string of the molecule is CC1CN(S(=O)(=O)c2cccc(C(=O)N(C)Cc3ccc(OC(F)(F)F)cc3)c2)CC(C)O1. The second-order valence-corrected chi connectivity index (χ2v) is 9.90. The summed E-state index contributed by atoms with van der Waals surface area (Å²) in [6, 6.07) is 11.0. The van der Waals surface area contributed by atoms with Crippen molar-refractivity contribution in [2.24, 2.45) is 0 Å². The first-order chi connectivity index (χ1) is 15.3. The van der Waals surface area contributed by atoms with Crippen molar-refractivity contribution in [3.05, 3.63) is 59.7 Å². The Labute approximate surface area is 190 Å². The van der Waals surface area contributed by atoms with Gasteiger partial charge in [-0.15, -0.1) is 13.2 Å². The molecule has 7 nitrogen and oxygen atoms in total. The van der Waals surface area contributed by atoms with E-state index in [9.17, 15) is 26.4 Å². The summed E-state index contributed by atoms with van der Waals surface area (Å²) in [6.45, 7) is 4.15. The van der Waals surface area contributed by atoms with Gasteiger partial charge in [-0.3, -0.25) is 4.79 Å². The number of amides is 1. The lowest BCUT2D eigenvalue weighted by Gasteiger charge is -2.34. The van der Waals surface area contributed by atoms with Gasteiger partial charge in [0.15, 0.2) is 0 Å². The van der Waals surface area contributed by atoms with Gasteiger partial charge in [-0.2, -0.15) is 4.31 Å². The number of rotatable bonds is 6. The molecule has 3 rings (SSSR count). The van der Waals surface area contributed by atoms with Crippen LogP contribution in [-0.2, 0) is 21.3 Å². The fourth-order valence-electron chi connectivity index (χ4n) is 3.63. The molecule has 0 N–H and O–H groups in total. The number of sulfonamides is 1. The van der Waals surface area contributed by atoms with Gasteiger partial charge in [0.05, 0.1) is 17.1 Å². The second kappa shape index (κ2) is 9.70. The van der Waals surface area contributed by atoms with Gasteiger partial charge in [0.25, 0.3) is 5.91 Å². The standard InChI is InChI=1S/C22H25F3N2O5S/c1-15-12-27(13-16(2)31-15)33(29,30)20-6-4-5-18(11-20)21(28)26(3)14-17-7-9-19(10-8-17)32-22(23,24)25/h4-11,15-16H,12-14H2,1-3H3. The van der Waals surface area contributed by atoms with Crippen molar-refractivity contribution in [2.75, 3.05) is 20.1 Å². The number of morpholine rings is 1. The molecule has 2 atom stereocenters. The average Bonchev–Trinajstić information content (AvgIpc) is 2.73. The topological polar surface area (TPSA) is 76.2 Å². The normalized spacial score (nSPS) is 19.8. The smallest absolute Gasteiger partial charge is 0.406 e. The summed E-state index contributed by atoms with van der Waals surface area (Å²) < 4.78 is 73.9. The molecule has 2 aromatic rings. The summed E-state index contributed by atoms with van der Waals surface area (Å²) >= 11 is 0. The van der Waals surface area contributed by atoms with Crippen molar-refractivity contribution in [3.8, 4) is 5.75 Å². The minimum absolute atomic E-state index is 0.0108. The summed E-state index contributed by atoms with van der Waals surface area (Å²) in [5.41, 5.74) is 0.769. The van der Waals surface area contributed by atoms with Gasteiger partial charge in [-0.05, 0) is 49.7 Å². The van der Waals surface area contributed by atoms with Gasteiger partial charge < -0.3 is 14.4 Å². The van der Waals surface area contributed by atoms with Crippen molar-refractivity contribution in [2.45, 2.75) is 43.9 Å². The van der Waals surface area contributed by atoms with Gasteiger partial charge in [-0.25, -0.2) is 8.42 Å². The highest BCUT2D eigenvalue weighted by atomic mass is 32.2. The fourth-order valence-corrected chi connectivity index (χ4v) is 5.27. The quantitative estimate of drug-likeness (QED) is 0.623. The highest BCUT2D eigenvalue weighted by Gasteiger charge is 2.33. The van der Waals surface area contributed by atoms with E-state index in [2.05, 4.69) is 4.74 Å². The zero-order chi connectivity index (χ0) is 24.4. The third-order valence-electron chi connectivity index (χ3n) is 5.03. The molecule has 0 saturated carbocycles. The van der Waals surface area contributed by atoms with Gasteiger partial charge >= 0.3 is 6.36 Å². The van der Waals surface area contributed by atoms with Gasteiger partial charge in [0, 0.05) is 32.2 Å². The zero-order valence-corrected chi connectivity index (χ0v) is 19.2. The van der Waals surface area contributed by atoms with Crippen LogP contribution in [0.2, 0.25) is 0 Å². The molecule has 1 saturated heterocycles. The van der Waals surface area contributed by atoms with E-state index >= 15 is 0 Å². The molecule has 0 bridgehead atoms. The van der Waals surface area contributed by atoms with E-state index in [-0.39, 0.29) is 48.1 Å². The number of ether oxygens (including phenoxy) is 2. The van der Waals surface area contributed by atoms with Crippen LogP contribution in [0, 0.1) is 0 Å². The Bertz CT molecular complexity index is 1080. The number of halogens is 3. The van der Waals surface area contributed by atoms with Gasteiger partial charge in [0.1, 0.15) is 5.75 Å². The van der Waals surface area contributed by atoms with E-state index in [0.29, 0.717) is 5.56 Å². The van der Waals surface area contributed by atoms with Crippen LogP contribution in [0.25, 0.3) is 0 Å². The highest BCUT2D eigenvalue weighted by molar-refractivity contribution is 7.89. The number of hydrogen-bond donors (Lipinski definition) is 0. The Kier molecular flexibility index (Phi) is 7.35. The van der Waals surface area contributed by atoms with Crippen molar-refractivity contribution < 1.29 is 35.9 Å². The Balaban J connectivity index is 1.72. The number of carbonyl (C=O) groups is 1. The maximum Gasteiger partial charge on any atom is 0.573 e. The van der Waals surface area contributed by atoms with Crippen molar-refractivity contribution in [1.82, 2.24) is 9.21 Å². The summed E-state index contributed by atoms with van der Waals surface area (Å²) in [5, 5.41) is 0. The van der Waals surface area contributed by atoms with E-state index in [4.69, 9.17) is 4.74 Å². The molecule has 0 aromatic heterocycles. The first-order valence-electron chi connectivity index (χ1n) is 10.2. The number of nitrogens with zero attached hydrogens (tertiary/aromatic N) is 2. The molecular formula is C22H25F3N2O5S. The van der Waals surface area contributed by atoms with Gasteiger partial charge in [0.2, 0.25) is 10.0 Å². The van der Waals surface area contributed by atoms with Crippen LogP contribution >= 0.6 is 0 Å². The van der Waals surface area contributed by atoms with E-state index < -0.39 is 22.3 Å². The summed E-state index contributed by atoms with van der Waals surface area (Å²) in [5.74, 6) is -0.781. The van der Waals surface area contributed by atoms with Crippen LogP contribution in [0.4, 0.5) is 13.2 Å². The molecule has 1 aliphatic rings. The first kappa shape index (κ1) is 25.0. The molecule has 33 heavy (non-hydrogen) atoms. The largest absolute Gasteiger partial charge is 0.573 e. The van der Waals surface area contributed by atoms with Crippen molar-refractivity contribution in [1.29, 1.82) is 0 Å². The lowest BCUT2D eigenvalue weighted by atomic mass is 10.1. The maximum atomic E-state index is 13.1. The van der Waals surface area contributed by atoms with Crippen molar-refractivity contribution in [3.63, 3.8) is 0 Å². The van der Waals surface area contributed by atoms with Crippen molar-refractivity contribution >= 4 is 15.9 Å². The van der Waals surface area contributed by atoms with Crippen LogP contribution < -0.4 is 4.74 Å². The summed E-state index contributed by atoms with van der Waals surface area (Å²) in [6.07, 6.45) is -5.27. The molecule has 0 spiro atoms. The monoisotopic (exact) mass is 486 g/mol. The molecule has 0 radical (unpaired) electrons. The molecule has 2 unspecified atom stereocenters. The molecule has 11 heteroatoms. The van der Waals surface area contributed by atoms with E-state index in [1.165, 1.54) is 64.8 Å². The van der Waals surface area contributed by atoms with E-state index in [0.717, 1.165) is 0 Å². The fraction of sp³-hybridized carbons (Fsp3) is 0.409. The molecule has 1 fully saturated rings. The van der Waals surface area contributed by atoms with E-state index in [1.807, 2.05) is 0 Å². The Morgan fingerprint density at radius 2 is 1.73 bits per heavy atom. The van der Waals surface area contributed by atoms with Crippen LogP contribution in [0.3, 0.4) is 0 Å². The van der Waals surface area contributed by atoms with Gasteiger partial charge in [-0.1, -0.05) is 18.2 Å². The average molecular weight is 487 g/mol. The molecule has 1 heterocycles. The summed E-state index contributed by atoms with van der Waals surface area (Å²) in [7, 11) is -2.29. The lowest BCUT2D eigenvalue weighted by molar-refractivity contribution is -0.274. The van der Waals surface area contributed by atoms with Crippen LogP contribution in [-0.4, -0.2) is 62.2 Å². The molecular weight excluding hydrogens is 461 g/mol. The number of alkyl halides is 3. The molecule has 1 aliphatic heterocycles. The first-order valence-corrected chi connectivity index (χ1v) is 11.6.